The molecule has 5 rings (SSSR count). The Kier molecular flexibility index (Phi) is 7.42. The second-order valence-corrected chi connectivity index (χ2v) is 9.45. The van der Waals surface area contributed by atoms with Gasteiger partial charge in [0.25, 0.3) is 0 Å². The molecule has 1 aromatic rings. The van der Waals surface area contributed by atoms with Gasteiger partial charge in [0.1, 0.15) is 36.6 Å². The van der Waals surface area contributed by atoms with Crippen molar-refractivity contribution in [3.8, 4) is 0 Å². The van der Waals surface area contributed by atoms with Gasteiger partial charge in [0.05, 0.1) is 19.8 Å². The maximum absolute atomic E-state index is 10.2. The Morgan fingerprint density at radius 1 is 0.788 bits per heavy atom. The quantitative estimate of drug-likeness (QED) is 0.565. The second kappa shape index (κ2) is 9.82. The van der Waals surface area contributed by atoms with Crippen molar-refractivity contribution in [2.24, 2.45) is 0 Å². The minimum atomic E-state index is -0.809. The Labute approximate surface area is 193 Å². The lowest BCUT2D eigenvalue weighted by molar-refractivity contribution is -0.220. The first-order chi connectivity index (χ1) is 15.6. The number of aliphatic hydroxyl groups is 3. The number of benzene rings is 1. The Hall–Kier alpha value is -1.18. The monoisotopic (exact) mass is 470 g/mol. The highest BCUT2D eigenvalue weighted by molar-refractivity contribution is 5.13. The molecule has 2 unspecified atom stereocenters. The van der Waals surface area contributed by atoms with Crippen LogP contribution in [0.4, 0.5) is 0 Å². The molecule has 0 spiro atoms. The van der Waals surface area contributed by atoms with E-state index in [-0.39, 0.29) is 6.61 Å². The van der Waals surface area contributed by atoms with E-state index in [1.54, 1.807) is 13.8 Å². The van der Waals surface area contributed by atoms with Crippen LogP contribution >= 0.6 is 0 Å². The molecule has 0 bridgehead atoms. The van der Waals surface area contributed by atoms with E-state index < -0.39 is 60.8 Å². The molecule has 4 aliphatic heterocycles. The summed E-state index contributed by atoms with van der Waals surface area (Å²) in [5.74, 6) is -1.41. The highest BCUT2D eigenvalue weighted by atomic mass is 16.8. The van der Waals surface area contributed by atoms with Crippen molar-refractivity contribution in [2.75, 3.05) is 13.2 Å². The van der Waals surface area contributed by atoms with Crippen LogP contribution in [0.15, 0.2) is 30.3 Å². The summed E-state index contributed by atoms with van der Waals surface area (Å²) < 4.78 is 38.5. The summed E-state index contributed by atoms with van der Waals surface area (Å²) in [6.45, 7) is 7.73. The molecular formula is C23H34O10. The number of rotatable bonds is 5. The fraction of sp³-hybridized carbons (Fsp3) is 0.739. The fourth-order valence-corrected chi connectivity index (χ4v) is 4.27. The third-order valence-corrected chi connectivity index (χ3v) is 5.80. The third kappa shape index (κ3) is 5.73. The van der Waals surface area contributed by atoms with E-state index in [4.69, 9.17) is 38.3 Å². The van der Waals surface area contributed by atoms with E-state index in [0.29, 0.717) is 13.2 Å². The topological polar surface area (TPSA) is 125 Å². The van der Waals surface area contributed by atoms with E-state index in [9.17, 15) is 10.2 Å². The van der Waals surface area contributed by atoms with Crippen molar-refractivity contribution >= 4 is 0 Å². The van der Waals surface area contributed by atoms with Crippen LogP contribution in [0.1, 0.15) is 33.3 Å². The Morgan fingerprint density at radius 3 is 1.82 bits per heavy atom. The zero-order valence-corrected chi connectivity index (χ0v) is 19.3. The number of aliphatic hydroxyl groups excluding tert-OH is 3. The second-order valence-electron chi connectivity index (χ2n) is 9.45. The summed E-state index contributed by atoms with van der Waals surface area (Å²) in [6, 6.07) is 9.89. The molecule has 4 aliphatic rings. The summed E-state index contributed by atoms with van der Waals surface area (Å²) >= 11 is 0. The van der Waals surface area contributed by atoms with Crippen molar-refractivity contribution in [3.05, 3.63) is 35.9 Å². The molecule has 0 saturated carbocycles. The van der Waals surface area contributed by atoms with Crippen LogP contribution in [-0.2, 0) is 39.8 Å². The van der Waals surface area contributed by atoms with Gasteiger partial charge in [0.15, 0.2) is 24.2 Å². The lowest BCUT2D eigenvalue weighted by Crippen LogP contribution is -2.36. The fourth-order valence-electron chi connectivity index (χ4n) is 4.27. The van der Waals surface area contributed by atoms with Gasteiger partial charge in [-0.25, -0.2) is 0 Å². The molecule has 4 fully saturated rings. The Bertz CT molecular complexity index is 772. The van der Waals surface area contributed by atoms with Gasteiger partial charge in [-0.1, -0.05) is 30.3 Å². The first-order valence-corrected chi connectivity index (χ1v) is 11.2. The van der Waals surface area contributed by atoms with Gasteiger partial charge >= 0.3 is 0 Å². The van der Waals surface area contributed by atoms with Crippen LogP contribution in [0.2, 0.25) is 0 Å². The molecule has 3 N–H and O–H groups in total. The van der Waals surface area contributed by atoms with Gasteiger partial charge < -0.3 is 48.5 Å². The summed E-state index contributed by atoms with van der Waals surface area (Å²) in [5, 5.41) is 28.6. The van der Waals surface area contributed by atoms with Gasteiger partial charge in [0, 0.05) is 0 Å². The molecular weight excluding hydrogens is 436 g/mol. The molecule has 33 heavy (non-hydrogen) atoms. The SMILES string of the molecule is CC1(C)OC2[C@H](O[C@H](CO)[C@H]2O)O1.CC1(C)OC2[C@H](O[C@H](COCc3ccccc3)[C@H]2O)O1. The Balaban J connectivity index is 0.000000172. The average molecular weight is 471 g/mol. The van der Waals surface area contributed by atoms with E-state index >= 15 is 0 Å². The molecule has 0 aliphatic carbocycles. The molecule has 0 radical (unpaired) electrons. The first-order valence-electron chi connectivity index (χ1n) is 11.2. The predicted molar refractivity (Wildman–Crippen MR) is 113 cm³/mol. The summed E-state index contributed by atoms with van der Waals surface area (Å²) in [4.78, 5) is 0. The van der Waals surface area contributed by atoms with Crippen LogP contribution in [0, 0.1) is 0 Å². The molecule has 8 atom stereocenters. The molecule has 0 aromatic heterocycles. The van der Waals surface area contributed by atoms with Crippen molar-refractivity contribution in [2.45, 2.75) is 95.1 Å². The van der Waals surface area contributed by atoms with Crippen LogP contribution in [-0.4, -0.2) is 89.3 Å². The van der Waals surface area contributed by atoms with Gasteiger partial charge in [0.2, 0.25) is 0 Å². The van der Waals surface area contributed by atoms with Gasteiger partial charge in [-0.3, -0.25) is 0 Å². The number of hydrogen-bond acceptors (Lipinski definition) is 10. The number of ether oxygens (including phenoxy) is 7. The third-order valence-electron chi connectivity index (χ3n) is 5.80. The highest BCUT2D eigenvalue weighted by Gasteiger charge is 2.55. The first kappa shape index (κ1) is 24.9. The number of hydrogen-bond donors (Lipinski definition) is 3. The molecule has 1 aromatic carbocycles. The zero-order chi connectivity index (χ0) is 23.8. The maximum Gasteiger partial charge on any atom is 0.190 e. The minimum Gasteiger partial charge on any atom is -0.394 e. The predicted octanol–water partition coefficient (Wildman–Crippen LogP) is 0.656. The molecule has 4 saturated heterocycles. The van der Waals surface area contributed by atoms with Gasteiger partial charge in [-0.05, 0) is 33.3 Å². The van der Waals surface area contributed by atoms with E-state index in [1.807, 2.05) is 44.2 Å². The summed E-state index contributed by atoms with van der Waals surface area (Å²) in [5.41, 5.74) is 1.09. The zero-order valence-electron chi connectivity index (χ0n) is 19.3. The lowest BCUT2D eigenvalue weighted by atomic mass is 10.1. The van der Waals surface area contributed by atoms with Crippen molar-refractivity contribution in [1.82, 2.24) is 0 Å². The summed E-state index contributed by atoms with van der Waals surface area (Å²) in [6.07, 6.45) is -4.51. The molecule has 4 heterocycles. The normalized spacial score (nSPS) is 40.2. The Morgan fingerprint density at radius 2 is 1.30 bits per heavy atom. The molecule has 186 valence electrons. The van der Waals surface area contributed by atoms with Crippen LogP contribution in [0.25, 0.3) is 0 Å². The summed E-state index contributed by atoms with van der Waals surface area (Å²) in [7, 11) is 0. The van der Waals surface area contributed by atoms with E-state index in [0.717, 1.165) is 5.56 Å². The molecule has 0 amide bonds. The molecule has 10 heteroatoms. The largest absolute Gasteiger partial charge is 0.394 e. The van der Waals surface area contributed by atoms with Crippen LogP contribution in [0.3, 0.4) is 0 Å². The minimum absolute atomic E-state index is 0.221. The van der Waals surface area contributed by atoms with Crippen molar-refractivity contribution in [1.29, 1.82) is 0 Å². The maximum atomic E-state index is 10.2. The van der Waals surface area contributed by atoms with E-state index in [2.05, 4.69) is 0 Å². The smallest absolute Gasteiger partial charge is 0.190 e. The lowest BCUT2D eigenvalue weighted by Gasteiger charge is -2.22. The van der Waals surface area contributed by atoms with Crippen molar-refractivity contribution < 1.29 is 48.5 Å². The number of fused-ring (bicyclic) bond motifs is 2. The standard InChI is InChI=1S/C15H20O5.C8H14O5/c1-15(2)19-13-12(16)11(18-14(13)20-15)9-17-8-10-6-4-3-5-7-10;1-8(2)12-6-5(10)4(3-9)11-7(6)13-8/h3-7,11-14,16H,8-9H2,1-2H3;4-7,9-10H,3H2,1-2H3/t11-,12-,13?,14-;4-,5-,6?,7-/m11/s1. The molecule has 10 nitrogen and oxygen atoms in total. The van der Waals surface area contributed by atoms with Crippen LogP contribution < -0.4 is 0 Å². The van der Waals surface area contributed by atoms with Gasteiger partial charge in [-0.2, -0.15) is 0 Å². The van der Waals surface area contributed by atoms with Gasteiger partial charge in [-0.15, -0.1) is 0 Å². The highest BCUT2D eigenvalue weighted by Crippen LogP contribution is 2.38. The van der Waals surface area contributed by atoms with Crippen LogP contribution in [0.5, 0.6) is 0 Å². The van der Waals surface area contributed by atoms with Crippen molar-refractivity contribution in [3.63, 3.8) is 0 Å². The van der Waals surface area contributed by atoms with E-state index in [1.165, 1.54) is 0 Å². The average Bonchev–Trinajstić information content (AvgIpc) is 3.42.